The quantitative estimate of drug-likeness (QED) is 0.914. The highest BCUT2D eigenvalue weighted by molar-refractivity contribution is 6.30. The van der Waals surface area contributed by atoms with Crippen molar-refractivity contribution in [2.75, 3.05) is 0 Å². The van der Waals surface area contributed by atoms with Crippen molar-refractivity contribution in [2.45, 2.75) is 26.2 Å². The van der Waals surface area contributed by atoms with Crippen LogP contribution < -0.4 is 0 Å². The molecule has 0 saturated carbocycles. The van der Waals surface area contributed by atoms with Gasteiger partial charge in [-0.2, -0.15) is 0 Å². The van der Waals surface area contributed by atoms with E-state index in [1.807, 2.05) is 13.0 Å². The molecule has 1 N–H and O–H groups in total. The maximum absolute atomic E-state index is 11.2. The maximum Gasteiger partial charge on any atom is 0.358 e. The molecule has 0 aliphatic carbocycles. The van der Waals surface area contributed by atoms with Gasteiger partial charge in [0.15, 0.2) is 5.69 Å². The maximum atomic E-state index is 11.2. The fourth-order valence-electron chi connectivity index (χ4n) is 1.85. The van der Waals surface area contributed by atoms with E-state index in [0.717, 1.165) is 18.5 Å². The molecule has 0 aliphatic heterocycles. The minimum atomic E-state index is -1.06. The van der Waals surface area contributed by atoms with Crippen LogP contribution in [0.1, 0.15) is 35.9 Å². The molecule has 0 aliphatic rings. The molecule has 2 aromatic rings. The molecular formula is C13H14ClN3O2. The van der Waals surface area contributed by atoms with Crippen LogP contribution >= 0.6 is 11.6 Å². The molecule has 0 saturated heterocycles. The van der Waals surface area contributed by atoms with E-state index in [1.54, 1.807) is 22.9 Å². The van der Waals surface area contributed by atoms with Crippen molar-refractivity contribution >= 4 is 17.6 Å². The van der Waals surface area contributed by atoms with Crippen LogP contribution in [0.3, 0.4) is 0 Å². The molecule has 6 heteroatoms. The van der Waals surface area contributed by atoms with Gasteiger partial charge >= 0.3 is 5.97 Å². The molecular weight excluding hydrogens is 266 g/mol. The number of hydrogen-bond donors (Lipinski definition) is 1. The lowest BCUT2D eigenvalue weighted by Crippen LogP contribution is -2.07. The zero-order chi connectivity index (χ0) is 13.8. The van der Waals surface area contributed by atoms with Crippen molar-refractivity contribution in [3.8, 4) is 5.69 Å². The third-order valence-corrected chi connectivity index (χ3v) is 3.02. The molecule has 0 fully saturated rings. The van der Waals surface area contributed by atoms with Gasteiger partial charge in [-0.3, -0.25) is 0 Å². The highest BCUT2D eigenvalue weighted by atomic mass is 35.5. The van der Waals surface area contributed by atoms with E-state index in [2.05, 4.69) is 10.3 Å². The average Bonchev–Trinajstić information content (AvgIpc) is 2.80. The van der Waals surface area contributed by atoms with Crippen molar-refractivity contribution in [1.82, 2.24) is 15.0 Å². The lowest BCUT2D eigenvalue weighted by molar-refractivity contribution is 0.0689. The number of carboxylic acids is 1. The zero-order valence-corrected chi connectivity index (χ0v) is 11.3. The van der Waals surface area contributed by atoms with Gasteiger partial charge in [0.25, 0.3) is 0 Å². The Morgan fingerprint density at radius 2 is 2.26 bits per heavy atom. The number of carboxylic acid groups (broad SMARTS) is 1. The Hall–Kier alpha value is -1.88. The Kier molecular flexibility index (Phi) is 4.16. The van der Waals surface area contributed by atoms with Crippen molar-refractivity contribution in [2.24, 2.45) is 0 Å². The number of benzene rings is 1. The van der Waals surface area contributed by atoms with Crippen LogP contribution in [0.25, 0.3) is 5.69 Å². The molecule has 5 nitrogen and oxygen atoms in total. The van der Waals surface area contributed by atoms with Gasteiger partial charge in [-0.25, -0.2) is 9.48 Å². The Morgan fingerprint density at radius 1 is 1.47 bits per heavy atom. The predicted octanol–water partition coefficient (Wildman–Crippen LogP) is 2.96. The Labute approximate surface area is 115 Å². The van der Waals surface area contributed by atoms with E-state index < -0.39 is 5.97 Å². The van der Waals surface area contributed by atoms with Crippen molar-refractivity contribution < 1.29 is 9.90 Å². The summed E-state index contributed by atoms with van der Waals surface area (Å²) in [4.78, 5) is 11.2. The van der Waals surface area contributed by atoms with Gasteiger partial charge in [-0.1, -0.05) is 36.2 Å². The van der Waals surface area contributed by atoms with E-state index in [1.165, 1.54) is 0 Å². The molecule has 19 heavy (non-hydrogen) atoms. The van der Waals surface area contributed by atoms with Gasteiger partial charge in [-0.15, -0.1) is 5.10 Å². The number of nitrogens with zero attached hydrogens (tertiary/aromatic N) is 3. The molecule has 100 valence electrons. The average molecular weight is 280 g/mol. The van der Waals surface area contributed by atoms with Gasteiger partial charge in [0.2, 0.25) is 0 Å². The molecule has 0 atom stereocenters. The van der Waals surface area contributed by atoms with Crippen LogP contribution in [0.5, 0.6) is 0 Å². The second-order valence-electron chi connectivity index (χ2n) is 4.19. The monoisotopic (exact) mass is 279 g/mol. The van der Waals surface area contributed by atoms with Crippen LogP contribution in [-0.4, -0.2) is 26.1 Å². The second-order valence-corrected chi connectivity index (χ2v) is 4.62. The summed E-state index contributed by atoms with van der Waals surface area (Å²) in [6.45, 7) is 2.05. The largest absolute Gasteiger partial charge is 0.476 e. The summed E-state index contributed by atoms with van der Waals surface area (Å²) in [5.74, 6) is -1.06. The molecule has 1 aromatic carbocycles. The number of rotatable bonds is 5. The van der Waals surface area contributed by atoms with Crippen LogP contribution in [0.4, 0.5) is 0 Å². The number of aromatic carboxylic acids is 1. The molecule has 0 spiro atoms. The SMILES string of the molecule is CCCCc1c(C(=O)O)nnn1-c1cccc(Cl)c1. The van der Waals surface area contributed by atoms with Gasteiger partial charge in [0.1, 0.15) is 0 Å². The van der Waals surface area contributed by atoms with Crippen molar-refractivity contribution in [3.05, 3.63) is 40.7 Å². The summed E-state index contributed by atoms with van der Waals surface area (Å²) in [7, 11) is 0. The van der Waals surface area contributed by atoms with E-state index in [-0.39, 0.29) is 5.69 Å². The Balaban J connectivity index is 2.47. The molecule has 2 rings (SSSR count). The van der Waals surface area contributed by atoms with E-state index >= 15 is 0 Å². The highest BCUT2D eigenvalue weighted by Gasteiger charge is 2.19. The molecule has 0 unspecified atom stereocenters. The fraction of sp³-hybridized carbons (Fsp3) is 0.308. The smallest absolute Gasteiger partial charge is 0.358 e. The van der Waals surface area contributed by atoms with Gasteiger partial charge in [0.05, 0.1) is 11.4 Å². The summed E-state index contributed by atoms with van der Waals surface area (Å²) >= 11 is 5.94. The van der Waals surface area contributed by atoms with Crippen LogP contribution in [0, 0.1) is 0 Å². The number of unbranched alkanes of at least 4 members (excludes halogenated alkanes) is 1. The standard InChI is InChI=1S/C13H14ClN3O2/c1-2-3-7-11-12(13(18)19)15-16-17(11)10-6-4-5-9(14)8-10/h4-6,8H,2-3,7H2,1H3,(H,18,19). The molecule has 0 amide bonds. The fourth-order valence-corrected chi connectivity index (χ4v) is 2.04. The summed E-state index contributed by atoms with van der Waals surface area (Å²) < 4.78 is 1.55. The van der Waals surface area contributed by atoms with E-state index in [0.29, 0.717) is 17.1 Å². The summed E-state index contributed by atoms with van der Waals surface area (Å²) in [6, 6.07) is 7.11. The van der Waals surface area contributed by atoms with Gasteiger partial charge in [-0.05, 0) is 31.0 Å². The summed E-state index contributed by atoms with van der Waals surface area (Å²) in [5, 5.41) is 17.4. The van der Waals surface area contributed by atoms with E-state index in [9.17, 15) is 4.79 Å². The van der Waals surface area contributed by atoms with Crippen LogP contribution in [0.15, 0.2) is 24.3 Å². The van der Waals surface area contributed by atoms with E-state index in [4.69, 9.17) is 16.7 Å². The van der Waals surface area contributed by atoms with Crippen LogP contribution in [-0.2, 0) is 6.42 Å². The number of aromatic nitrogens is 3. The summed E-state index contributed by atoms with van der Waals surface area (Å²) in [5.41, 5.74) is 1.34. The summed E-state index contributed by atoms with van der Waals surface area (Å²) in [6.07, 6.45) is 2.48. The van der Waals surface area contributed by atoms with Gasteiger partial charge < -0.3 is 5.11 Å². The topological polar surface area (TPSA) is 68.0 Å². The predicted molar refractivity (Wildman–Crippen MR) is 71.9 cm³/mol. The third-order valence-electron chi connectivity index (χ3n) is 2.79. The third kappa shape index (κ3) is 2.93. The normalized spacial score (nSPS) is 10.6. The second kappa shape index (κ2) is 5.84. The van der Waals surface area contributed by atoms with Crippen molar-refractivity contribution in [1.29, 1.82) is 0 Å². The van der Waals surface area contributed by atoms with Crippen LogP contribution in [0.2, 0.25) is 5.02 Å². The first-order valence-corrected chi connectivity index (χ1v) is 6.45. The highest BCUT2D eigenvalue weighted by Crippen LogP contribution is 2.18. The lowest BCUT2D eigenvalue weighted by atomic mass is 10.1. The minimum absolute atomic E-state index is 0.00780. The van der Waals surface area contributed by atoms with Gasteiger partial charge in [0, 0.05) is 5.02 Å². The Bertz CT molecular complexity index is 595. The minimum Gasteiger partial charge on any atom is -0.476 e. The van der Waals surface area contributed by atoms with Crippen molar-refractivity contribution in [3.63, 3.8) is 0 Å². The first kappa shape index (κ1) is 13.5. The lowest BCUT2D eigenvalue weighted by Gasteiger charge is -2.06. The first-order valence-electron chi connectivity index (χ1n) is 6.07. The number of halogens is 1. The molecule has 1 aromatic heterocycles. The molecule has 0 bridgehead atoms. The molecule has 1 heterocycles. The Morgan fingerprint density at radius 3 is 2.89 bits per heavy atom. The first-order chi connectivity index (χ1) is 9.13. The number of carbonyl (C=O) groups is 1. The molecule has 0 radical (unpaired) electrons. The number of hydrogen-bond acceptors (Lipinski definition) is 3. The zero-order valence-electron chi connectivity index (χ0n) is 10.5.